The average Bonchev–Trinajstić information content (AvgIpc) is 2.33. The topological polar surface area (TPSA) is 18.5 Å². The van der Waals surface area contributed by atoms with E-state index < -0.39 is 0 Å². The van der Waals surface area contributed by atoms with Gasteiger partial charge in [0.25, 0.3) is 0 Å². The van der Waals surface area contributed by atoms with Crippen LogP contribution < -0.4 is 0 Å². The summed E-state index contributed by atoms with van der Waals surface area (Å²) in [5.74, 6) is 0. The minimum atomic E-state index is 0.0569. The van der Waals surface area contributed by atoms with Crippen molar-refractivity contribution in [2.24, 2.45) is 0 Å². The Kier molecular flexibility index (Phi) is 7.62. The molecule has 0 N–H and O–H groups in total. The Morgan fingerprint density at radius 2 is 1.25 bits per heavy atom. The second-order valence-electron chi connectivity index (χ2n) is 3.66. The molecule has 2 atom stereocenters. The van der Waals surface area contributed by atoms with Crippen LogP contribution in [0.4, 0.5) is 0 Å². The van der Waals surface area contributed by atoms with Gasteiger partial charge < -0.3 is 9.47 Å². The third-order valence-corrected chi connectivity index (χ3v) is 2.81. The fraction of sp³-hybridized carbons (Fsp3) is 0.571. The number of rotatable bonds is 7. The average molecular weight is 222 g/mol. The lowest BCUT2D eigenvalue weighted by molar-refractivity contribution is 0.138. The first-order valence-electron chi connectivity index (χ1n) is 5.43. The molecule has 0 aliphatic carbocycles. The smallest absolute Gasteiger partial charge is 0.0826 e. The maximum Gasteiger partial charge on any atom is 0.0826 e. The molecule has 0 aromatic heterocycles. The number of ether oxygens (including phenoxy) is 2. The predicted molar refractivity (Wildman–Crippen MR) is 67.5 cm³/mol. The highest BCUT2D eigenvalue weighted by Gasteiger charge is 2.11. The molecule has 0 saturated carbocycles. The molecule has 2 unspecified atom stereocenters. The fourth-order valence-electron chi connectivity index (χ4n) is 1.42. The standard InChI is InChI=1S/C14H22O2/c1-7-13(11(3)15-5)9-10-14(8-2)12(4)16-6/h11-12H,1-2,9-10H2,3-6H3. The lowest BCUT2D eigenvalue weighted by atomic mass is 10.00. The molecular weight excluding hydrogens is 200 g/mol. The Morgan fingerprint density at radius 3 is 1.44 bits per heavy atom. The lowest BCUT2D eigenvalue weighted by Gasteiger charge is -2.15. The van der Waals surface area contributed by atoms with E-state index in [0.717, 1.165) is 24.0 Å². The van der Waals surface area contributed by atoms with Gasteiger partial charge in [-0.1, -0.05) is 13.2 Å². The van der Waals surface area contributed by atoms with Crippen molar-refractivity contribution in [1.82, 2.24) is 0 Å². The van der Waals surface area contributed by atoms with Crippen LogP contribution >= 0.6 is 0 Å². The first-order valence-corrected chi connectivity index (χ1v) is 5.43. The molecule has 0 amide bonds. The van der Waals surface area contributed by atoms with Crippen molar-refractivity contribution in [2.45, 2.75) is 38.9 Å². The van der Waals surface area contributed by atoms with Gasteiger partial charge >= 0.3 is 0 Å². The van der Waals surface area contributed by atoms with Crippen LogP contribution in [0, 0.1) is 0 Å². The van der Waals surface area contributed by atoms with E-state index in [1.807, 2.05) is 13.8 Å². The molecule has 0 radical (unpaired) electrons. The molecule has 90 valence electrons. The monoisotopic (exact) mass is 222 g/mol. The van der Waals surface area contributed by atoms with Gasteiger partial charge in [-0.3, -0.25) is 0 Å². The van der Waals surface area contributed by atoms with Gasteiger partial charge in [0.2, 0.25) is 0 Å². The van der Waals surface area contributed by atoms with E-state index in [-0.39, 0.29) is 12.2 Å². The van der Waals surface area contributed by atoms with Crippen molar-refractivity contribution in [3.05, 3.63) is 35.8 Å². The van der Waals surface area contributed by atoms with Gasteiger partial charge in [-0.05, 0) is 37.8 Å². The first-order chi connectivity index (χ1) is 7.60. The Bertz CT molecular complexity index is 273. The number of methoxy groups -OCH3 is 2. The van der Waals surface area contributed by atoms with E-state index in [9.17, 15) is 0 Å². The summed E-state index contributed by atoms with van der Waals surface area (Å²) in [4.78, 5) is 0. The molecule has 0 aromatic carbocycles. The quantitative estimate of drug-likeness (QED) is 0.616. The van der Waals surface area contributed by atoms with Crippen LogP contribution in [0.1, 0.15) is 26.7 Å². The van der Waals surface area contributed by atoms with Crippen LogP contribution in [0.15, 0.2) is 35.8 Å². The van der Waals surface area contributed by atoms with Gasteiger partial charge in [0, 0.05) is 14.2 Å². The van der Waals surface area contributed by atoms with Crippen LogP contribution in [0.2, 0.25) is 0 Å². The van der Waals surface area contributed by atoms with Crippen LogP contribution in [0.25, 0.3) is 0 Å². The van der Waals surface area contributed by atoms with Gasteiger partial charge in [0.1, 0.15) is 0 Å². The summed E-state index contributed by atoms with van der Waals surface area (Å²) in [6.07, 6.45) is 1.82. The Balaban J connectivity index is 4.43. The Labute approximate surface area is 99.0 Å². The second kappa shape index (κ2) is 8.15. The van der Waals surface area contributed by atoms with E-state index in [4.69, 9.17) is 9.47 Å². The van der Waals surface area contributed by atoms with Crippen LogP contribution in [0.3, 0.4) is 0 Å². The highest BCUT2D eigenvalue weighted by atomic mass is 16.5. The Hall–Kier alpha value is -1.04. The predicted octanol–water partition coefficient (Wildman–Crippen LogP) is 3.26. The molecule has 2 nitrogen and oxygen atoms in total. The van der Waals surface area contributed by atoms with Crippen molar-refractivity contribution in [3.8, 4) is 0 Å². The number of hydrogen-bond acceptors (Lipinski definition) is 2. The zero-order valence-corrected chi connectivity index (χ0v) is 10.8. The molecule has 0 aliphatic heterocycles. The zero-order valence-electron chi connectivity index (χ0n) is 10.8. The lowest BCUT2D eigenvalue weighted by Crippen LogP contribution is -2.11. The maximum atomic E-state index is 5.24. The van der Waals surface area contributed by atoms with Crippen molar-refractivity contribution in [3.63, 3.8) is 0 Å². The molecule has 2 heteroatoms. The van der Waals surface area contributed by atoms with Crippen molar-refractivity contribution < 1.29 is 9.47 Å². The highest BCUT2D eigenvalue weighted by Crippen LogP contribution is 2.18. The SMILES string of the molecule is C=C=C(CCC(=C=C)C(C)OC)C(C)OC. The van der Waals surface area contributed by atoms with E-state index in [0.29, 0.717) is 0 Å². The van der Waals surface area contributed by atoms with Crippen molar-refractivity contribution in [1.29, 1.82) is 0 Å². The summed E-state index contributed by atoms with van der Waals surface area (Å²) in [7, 11) is 3.37. The summed E-state index contributed by atoms with van der Waals surface area (Å²) in [6, 6.07) is 0. The van der Waals surface area contributed by atoms with Crippen molar-refractivity contribution >= 4 is 0 Å². The van der Waals surface area contributed by atoms with E-state index in [2.05, 4.69) is 24.6 Å². The molecule has 0 aromatic rings. The molecule has 0 rings (SSSR count). The van der Waals surface area contributed by atoms with Gasteiger partial charge in [-0.25, -0.2) is 0 Å². The van der Waals surface area contributed by atoms with Gasteiger partial charge in [-0.2, -0.15) is 0 Å². The Morgan fingerprint density at radius 1 is 0.938 bits per heavy atom. The third kappa shape index (κ3) is 4.65. The molecule has 0 fully saturated rings. The van der Waals surface area contributed by atoms with E-state index >= 15 is 0 Å². The second-order valence-corrected chi connectivity index (χ2v) is 3.66. The van der Waals surface area contributed by atoms with E-state index in [1.165, 1.54) is 0 Å². The summed E-state index contributed by atoms with van der Waals surface area (Å²) in [5, 5.41) is 0. The normalized spacial score (nSPS) is 13.5. The van der Waals surface area contributed by atoms with Crippen LogP contribution in [-0.2, 0) is 9.47 Å². The minimum absolute atomic E-state index is 0.0569. The molecule has 0 saturated heterocycles. The summed E-state index contributed by atoms with van der Waals surface area (Å²) in [5.41, 5.74) is 7.99. The molecule has 0 bridgehead atoms. The summed E-state index contributed by atoms with van der Waals surface area (Å²) < 4.78 is 10.5. The minimum Gasteiger partial charge on any atom is -0.377 e. The van der Waals surface area contributed by atoms with E-state index in [1.54, 1.807) is 14.2 Å². The molecule has 0 spiro atoms. The fourth-order valence-corrected chi connectivity index (χ4v) is 1.42. The van der Waals surface area contributed by atoms with Crippen molar-refractivity contribution in [2.75, 3.05) is 14.2 Å². The largest absolute Gasteiger partial charge is 0.377 e. The molecule has 16 heavy (non-hydrogen) atoms. The molecule has 0 heterocycles. The van der Waals surface area contributed by atoms with Gasteiger partial charge in [0.05, 0.1) is 12.2 Å². The van der Waals surface area contributed by atoms with Crippen LogP contribution in [-0.4, -0.2) is 26.4 Å². The first kappa shape index (κ1) is 15.0. The highest BCUT2D eigenvalue weighted by molar-refractivity contribution is 5.12. The zero-order chi connectivity index (χ0) is 12.6. The number of hydrogen-bond donors (Lipinski definition) is 0. The summed E-state index contributed by atoms with van der Waals surface area (Å²) in [6.45, 7) is 11.3. The summed E-state index contributed by atoms with van der Waals surface area (Å²) >= 11 is 0. The third-order valence-electron chi connectivity index (χ3n) is 2.81. The molecular formula is C14H22O2. The van der Waals surface area contributed by atoms with Crippen LogP contribution in [0.5, 0.6) is 0 Å². The maximum absolute atomic E-state index is 5.24. The molecule has 0 aliphatic rings. The van der Waals surface area contributed by atoms with Gasteiger partial charge in [0.15, 0.2) is 0 Å². The van der Waals surface area contributed by atoms with Gasteiger partial charge in [-0.15, -0.1) is 11.5 Å².